The lowest BCUT2D eigenvalue weighted by Crippen LogP contribution is -2.38. The molecular weight excluding hydrogens is 285 g/mol. The molecule has 1 aromatic carbocycles. The first-order valence-corrected chi connectivity index (χ1v) is 7.93. The second-order valence-electron chi connectivity index (χ2n) is 4.85. The molecule has 5 nitrogen and oxygen atoms in total. The summed E-state index contributed by atoms with van der Waals surface area (Å²) < 4.78 is 37.8. The van der Waals surface area contributed by atoms with Gasteiger partial charge in [0.05, 0.1) is 10.1 Å². The lowest BCUT2D eigenvalue weighted by Gasteiger charge is -2.21. The molecule has 0 aromatic heterocycles. The molecule has 20 heavy (non-hydrogen) atoms. The minimum atomic E-state index is -3.64. The van der Waals surface area contributed by atoms with Gasteiger partial charge in [-0.2, -0.15) is 0 Å². The summed E-state index contributed by atoms with van der Waals surface area (Å²) in [7, 11) is -3.64. The smallest absolute Gasteiger partial charge is 0.407 e. The average Bonchev–Trinajstić information content (AvgIpc) is 2.65. The Morgan fingerprint density at radius 1 is 1.25 bits per heavy atom. The summed E-state index contributed by atoms with van der Waals surface area (Å²) in [4.78, 5) is 12.2. The lowest BCUT2D eigenvalue weighted by atomic mass is 10.2. The highest BCUT2D eigenvalue weighted by Gasteiger charge is 2.32. The van der Waals surface area contributed by atoms with Crippen LogP contribution < -0.4 is 0 Å². The van der Waals surface area contributed by atoms with E-state index in [0.717, 1.165) is 17.0 Å². The zero-order valence-electron chi connectivity index (χ0n) is 10.8. The van der Waals surface area contributed by atoms with Crippen molar-refractivity contribution in [1.29, 1.82) is 0 Å². The van der Waals surface area contributed by atoms with Gasteiger partial charge in [-0.15, -0.1) is 0 Å². The van der Waals surface area contributed by atoms with E-state index >= 15 is 0 Å². The number of hydrogen-bond acceptors (Lipinski definition) is 3. The van der Waals surface area contributed by atoms with E-state index in [-0.39, 0.29) is 11.4 Å². The molecule has 7 heteroatoms. The maximum atomic E-state index is 12.9. The second-order valence-corrected chi connectivity index (χ2v) is 7.07. The molecule has 1 fully saturated rings. The monoisotopic (exact) mass is 301 g/mol. The Kier molecular flexibility index (Phi) is 4.27. The van der Waals surface area contributed by atoms with Crippen LogP contribution in [-0.4, -0.2) is 42.9 Å². The molecule has 110 valence electrons. The van der Waals surface area contributed by atoms with Crippen LogP contribution in [0.1, 0.15) is 19.3 Å². The number of carboxylic acid groups (broad SMARTS) is 1. The predicted molar refractivity (Wildman–Crippen MR) is 70.8 cm³/mol. The zero-order chi connectivity index (χ0) is 14.8. The van der Waals surface area contributed by atoms with Crippen molar-refractivity contribution in [3.63, 3.8) is 0 Å². The predicted octanol–water partition coefficient (Wildman–Crippen LogP) is 2.13. The normalized spacial score (nSPS) is 20.4. The SMILES string of the molecule is O=C(O)N1CCCC[C@H](S(=O)(=O)c2ccc(F)cc2)C1. The number of benzene rings is 1. The van der Waals surface area contributed by atoms with Crippen LogP contribution in [0.4, 0.5) is 9.18 Å². The minimum absolute atomic E-state index is 0.0327. The Morgan fingerprint density at radius 3 is 2.50 bits per heavy atom. The van der Waals surface area contributed by atoms with Gasteiger partial charge in [0.25, 0.3) is 0 Å². The van der Waals surface area contributed by atoms with Gasteiger partial charge in [0, 0.05) is 13.1 Å². The molecule has 1 aliphatic rings. The van der Waals surface area contributed by atoms with E-state index in [4.69, 9.17) is 5.11 Å². The van der Waals surface area contributed by atoms with Gasteiger partial charge in [0.2, 0.25) is 0 Å². The summed E-state index contributed by atoms with van der Waals surface area (Å²) in [6.45, 7) is 0.319. The maximum Gasteiger partial charge on any atom is 0.407 e. The number of nitrogens with zero attached hydrogens (tertiary/aromatic N) is 1. The van der Waals surface area contributed by atoms with Gasteiger partial charge in [-0.05, 0) is 37.1 Å². The highest BCUT2D eigenvalue weighted by molar-refractivity contribution is 7.92. The molecule has 1 N–H and O–H groups in total. The molecule has 0 radical (unpaired) electrons. The summed E-state index contributed by atoms with van der Waals surface area (Å²) in [5.41, 5.74) is 0. The van der Waals surface area contributed by atoms with Crippen LogP contribution in [0.3, 0.4) is 0 Å². The maximum absolute atomic E-state index is 12.9. The van der Waals surface area contributed by atoms with Crippen molar-refractivity contribution in [3.8, 4) is 0 Å². The largest absolute Gasteiger partial charge is 0.465 e. The Hall–Kier alpha value is -1.63. The molecule has 2 rings (SSSR count). The molecule has 1 amide bonds. The van der Waals surface area contributed by atoms with E-state index in [1.54, 1.807) is 0 Å². The Bertz CT molecular complexity index is 585. The van der Waals surface area contributed by atoms with E-state index in [1.165, 1.54) is 12.1 Å². The molecular formula is C13H16FNO4S. The van der Waals surface area contributed by atoms with E-state index < -0.39 is 27.0 Å². The molecule has 0 bridgehead atoms. The number of hydrogen-bond donors (Lipinski definition) is 1. The number of sulfone groups is 1. The topological polar surface area (TPSA) is 74.7 Å². The Morgan fingerprint density at radius 2 is 1.90 bits per heavy atom. The average molecular weight is 301 g/mol. The number of carbonyl (C=O) groups is 1. The summed E-state index contributed by atoms with van der Waals surface area (Å²) in [6, 6.07) is 4.64. The van der Waals surface area contributed by atoms with Crippen LogP contribution in [-0.2, 0) is 9.84 Å². The standard InChI is InChI=1S/C13H16FNO4S/c14-10-4-6-11(7-5-10)20(18,19)12-3-1-2-8-15(9-12)13(16)17/h4-7,12H,1-3,8-9H2,(H,16,17)/t12-/m0/s1. The molecule has 0 unspecified atom stereocenters. The van der Waals surface area contributed by atoms with Crippen LogP contribution in [0.2, 0.25) is 0 Å². The van der Waals surface area contributed by atoms with Gasteiger partial charge >= 0.3 is 6.09 Å². The van der Waals surface area contributed by atoms with Crippen LogP contribution in [0, 0.1) is 5.82 Å². The zero-order valence-corrected chi connectivity index (χ0v) is 11.6. The van der Waals surface area contributed by atoms with Gasteiger partial charge < -0.3 is 10.0 Å². The van der Waals surface area contributed by atoms with Crippen molar-refractivity contribution >= 4 is 15.9 Å². The van der Waals surface area contributed by atoms with Crippen molar-refractivity contribution in [2.24, 2.45) is 0 Å². The quantitative estimate of drug-likeness (QED) is 0.849. The van der Waals surface area contributed by atoms with Crippen LogP contribution in [0.5, 0.6) is 0 Å². The van der Waals surface area contributed by atoms with E-state index in [1.807, 2.05) is 0 Å². The lowest BCUT2D eigenvalue weighted by molar-refractivity contribution is 0.147. The summed E-state index contributed by atoms with van der Waals surface area (Å²) in [5.74, 6) is -0.503. The minimum Gasteiger partial charge on any atom is -0.465 e. The highest BCUT2D eigenvalue weighted by atomic mass is 32.2. The van der Waals surface area contributed by atoms with Crippen LogP contribution in [0.15, 0.2) is 29.2 Å². The van der Waals surface area contributed by atoms with E-state index in [2.05, 4.69) is 0 Å². The van der Waals surface area contributed by atoms with E-state index in [0.29, 0.717) is 25.8 Å². The van der Waals surface area contributed by atoms with Gasteiger partial charge in [-0.25, -0.2) is 17.6 Å². The summed E-state index contributed by atoms with van der Waals surface area (Å²) >= 11 is 0. The van der Waals surface area contributed by atoms with Crippen molar-refractivity contribution in [2.75, 3.05) is 13.1 Å². The molecule has 1 aliphatic heterocycles. The van der Waals surface area contributed by atoms with Gasteiger partial charge in [-0.1, -0.05) is 6.42 Å². The molecule has 1 heterocycles. The van der Waals surface area contributed by atoms with Crippen LogP contribution >= 0.6 is 0 Å². The van der Waals surface area contributed by atoms with Crippen molar-refractivity contribution < 1.29 is 22.7 Å². The highest BCUT2D eigenvalue weighted by Crippen LogP contribution is 2.24. The summed E-state index contributed by atoms with van der Waals surface area (Å²) in [5, 5.41) is 8.26. The van der Waals surface area contributed by atoms with E-state index in [9.17, 15) is 17.6 Å². The molecule has 0 saturated carbocycles. The third-order valence-electron chi connectivity index (χ3n) is 3.48. The molecule has 1 saturated heterocycles. The number of amides is 1. The number of rotatable bonds is 2. The van der Waals surface area contributed by atoms with Crippen molar-refractivity contribution in [1.82, 2.24) is 4.90 Å². The first kappa shape index (κ1) is 14.8. The Balaban J connectivity index is 2.27. The van der Waals surface area contributed by atoms with Gasteiger partial charge in [-0.3, -0.25) is 0 Å². The fourth-order valence-corrected chi connectivity index (χ4v) is 4.10. The fraction of sp³-hybridized carbons (Fsp3) is 0.462. The fourth-order valence-electron chi connectivity index (χ4n) is 2.35. The first-order chi connectivity index (χ1) is 9.41. The number of likely N-dealkylation sites (tertiary alicyclic amines) is 1. The molecule has 1 atom stereocenters. The Labute approximate surface area is 116 Å². The third-order valence-corrected chi connectivity index (χ3v) is 5.67. The third kappa shape index (κ3) is 3.09. The molecule has 1 aromatic rings. The van der Waals surface area contributed by atoms with Crippen molar-refractivity contribution in [2.45, 2.75) is 29.4 Å². The van der Waals surface area contributed by atoms with Crippen LogP contribution in [0.25, 0.3) is 0 Å². The van der Waals surface area contributed by atoms with Gasteiger partial charge in [0.1, 0.15) is 5.82 Å². The first-order valence-electron chi connectivity index (χ1n) is 6.38. The molecule has 0 spiro atoms. The van der Waals surface area contributed by atoms with Crippen molar-refractivity contribution in [3.05, 3.63) is 30.1 Å². The number of halogens is 1. The molecule has 0 aliphatic carbocycles. The summed E-state index contributed by atoms with van der Waals surface area (Å²) in [6.07, 6.45) is 0.631. The van der Waals surface area contributed by atoms with Gasteiger partial charge in [0.15, 0.2) is 9.84 Å². The second kappa shape index (κ2) is 5.78.